The molecule has 0 amide bonds. The van der Waals surface area contributed by atoms with Crippen molar-refractivity contribution in [2.24, 2.45) is 10.9 Å². The molecular formula is C13H13N3O2. The second-order valence-corrected chi connectivity index (χ2v) is 3.63. The number of rotatable bonds is 4. The van der Waals surface area contributed by atoms with E-state index in [2.05, 4.69) is 10.1 Å². The Balaban J connectivity index is 2.15. The zero-order valence-electron chi connectivity index (χ0n) is 9.65. The highest BCUT2D eigenvalue weighted by Gasteiger charge is 2.07. The number of ether oxygens (including phenoxy) is 1. The van der Waals surface area contributed by atoms with E-state index in [-0.39, 0.29) is 5.84 Å². The first-order valence-corrected chi connectivity index (χ1v) is 5.40. The molecule has 0 aliphatic heterocycles. The molecule has 0 spiro atoms. The molecule has 0 aliphatic rings. The Kier molecular flexibility index (Phi) is 3.76. The van der Waals surface area contributed by atoms with Crippen LogP contribution in [0.2, 0.25) is 0 Å². The lowest BCUT2D eigenvalue weighted by molar-refractivity contribution is 0.303. The van der Waals surface area contributed by atoms with E-state index < -0.39 is 0 Å². The van der Waals surface area contributed by atoms with Crippen LogP contribution in [0.3, 0.4) is 0 Å². The summed E-state index contributed by atoms with van der Waals surface area (Å²) in [6.07, 6.45) is 3.43. The van der Waals surface area contributed by atoms with Gasteiger partial charge in [0.1, 0.15) is 12.4 Å². The minimum atomic E-state index is 0.0248. The lowest BCUT2D eigenvalue weighted by Gasteiger charge is -2.10. The van der Waals surface area contributed by atoms with Gasteiger partial charge in [-0.25, -0.2) is 0 Å². The van der Waals surface area contributed by atoms with Crippen molar-refractivity contribution in [2.45, 2.75) is 6.61 Å². The molecule has 2 aromatic rings. The molecule has 1 aromatic carbocycles. The van der Waals surface area contributed by atoms with E-state index >= 15 is 0 Å². The third-order valence-electron chi connectivity index (χ3n) is 2.39. The molecule has 5 heteroatoms. The maximum absolute atomic E-state index is 8.70. The zero-order valence-corrected chi connectivity index (χ0v) is 9.65. The predicted molar refractivity (Wildman–Crippen MR) is 67.5 cm³/mol. The molecule has 1 aromatic heterocycles. The monoisotopic (exact) mass is 243 g/mol. The fourth-order valence-corrected chi connectivity index (χ4v) is 1.50. The summed E-state index contributed by atoms with van der Waals surface area (Å²) >= 11 is 0. The summed E-state index contributed by atoms with van der Waals surface area (Å²) in [4.78, 5) is 4.00. The quantitative estimate of drug-likeness (QED) is 0.371. The Hall–Kier alpha value is -2.56. The number of aromatic nitrogens is 1. The van der Waals surface area contributed by atoms with Gasteiger partial charge in [-0.15, -0.1) is 0 Å². The molecule has 92 valence electrons. The van der Waals surface area contributed by atoms with Crippen LogP contribution in [0, 0.1) is 0 Å². The van der Waals surface area contributed by atoms with Crippen LogP contribution in [-0.2, 0) is 6.61 Å². The van der Waals surface area contributed by atoms with E-state index in [1.165, 1.54) is 0 Å². The van der Waals surface area contributed by atoms with Gasteiger partial charge in [-0.2, -0.15) is 0 Å². The summed E-state index contributed by atoms with van der Waals surface area (Å²) in [5.41, 5.74) is 7.08. The summed E-state index contributed by atoms with van der Waals surface area (Å²) in [6.45, 7) is 0.379. The molecule has 0 atom stereocenters. The Morgan fingerprint density at radius 3 is 2.83 bits per heavy atom. The first kappa shape index (κ1) is 11.9. The van der Waals surface area contributed by atoms with Crippen LogP contribution >= 0.6 is 0 Å². The van der Waals surface area contributed by atoms with Gasteiger partial charge in [0.25, 0.3) is 0 Å². The number of oxime groups is 1. The van der Waals surface area contributed by atoms with Crippen molar-refractivity contribution in [2.75, 3.05) is 0 Å². The maximum atomic E-state index is 8.70. The van der Waals surface area contributed by atoms with Crippen LogP contribution in [0.1, 0.15) is 11.1 Å². The summed E-state index contributed by atoms with van der Waals surface area (Å²) in [5.74, 6) is 0.591. The molecule has 0 aliphatic carbocycles. The minimum Gasteiger partial charge on any atom is -0.488 e. The number of nitrogens with zero attached hydrogens (tertiary/aromatic N) is 2. The summed E-state index contributed by atoms with van der Waals surface area (Å²) in [5, 5.41) is 11.7. The number of para-hydroxylation sites is 1. The van der Waals surface area contributed by atoms with Gasteiger partial charge in [0, 0.05) is 18.0 Å². The molecule has 5 nitrogen and oxygen atoms in total. The van der Waals surface area contributed by atoms with E-state index in [0.29, 0.717) is 17.9 Å². The van der Waals surface area contributed by atoms with Gasteiger partial charge in [-0.3, -0.25) is 4.98 Å². The van der Waals surface area contributed by atoms with Crippen molar-refractivity contribution in [1.82, 2.24) is 4.98 Å². The Labute approximate surface area is 105 Å². The minimum absolute atomic E-state index is 0.0248. The first-order chi connectivity index (χ1) is 8.81. The molecule has 0 saturated carbocycles. The third kappa shape index (κ3) is 2.76. The molecule has 18 heavy (non-hydrogen) atoms. The highest BCUT2D eigenvalue weighted by molar-refractivity contribution is 5.99. The fourth-order valence-electron chi connectivity index (χ4n) is 1.50. The second kappa shape index (κ2) is 5.67. The number of nitrogens with two attached hydrogens (primary N) is 1. The molecule has 3 N–H and O–H groups in total. The van der Waals surface area contributed by atoms with Gasteiger partial charge in [-0.1, -0.05) is 23.4 Å². The molecule has 0 radical (unpaired) electrons. The fraction of sp³-hybridized carbons (Fsp3) is 0.0769. The summed E-state index contributed by atoms with van der Waals surface area (Å²) < 4.78 is 5.63. The highest BCUT2D eigenvalue weighted by atomic mass is 16.5. The van der Waals surface area contributed by atoms with Crippen molar-refractivity contribution < 1.29 is 9.94 Å². The smallest absolute Gasteiger partial charge is 0.173 e. The van der Waals surface area contributed by atoms with Crippen LogP contribution < -0.4 is 10.5 Å². The molecule has 0 saturated heterocycles. The zero-order chi connectivity index (χ0) is 12.8. The standard InChI is InChI=1S/C13H13N3O2/c14-13(16-17)11-5-1-2-6-12(11)18-9-10-4-3-7-15-8-10/h1-8,17H,9H2,(H2,14,16). The number of pyridine rings is 1. The first-order valence-electron chi connectivity index (χ1n) is 5.40. The van der Waals surface area contributed by atoms with E-state index in [9.17, 15) is 0 Å². The lowest BCUT2D eigenvalue weighted by atomic mass is 10.2. The van der Waals surface area contributed by atoms with Crippen molar-refractivity contribution in [1.29, 1.82) is 0 Å². The van der Waals surface area contributed by atoms with Crippen LogP contribution in [0.4, 0.5) is 0 Å². The summed E-state index contributed by atoms with van der Waals surface area (Å²) in [6, 6.07) is 10.9. The average Bonchev–Trinajstić information content (AvgIpc) is 2.45. The SMILES string of the molecule is N/C(=N\O)c1ccccc1OCc1cccnc1. The summed E-state index contributed by atoms with van der Waals surface area (Å²) in [7, 11) is 0. The van der Waals surface area contributed by atoms with Crippen molar-refractivity contribution >= 4 is 5.84 Å². The Morgan fingerprint density at radius 1 is 1.28 bits per heavy atom. The molecule has 0 fully saturated rings. The molecule has 1 heterocycles. The van der Waals surface area contributed by atoms with E-state index in [4.69, 9.17) is 15.7 Å². The Bertz CT molecular complexity index is 541. The van der Waals surface area contributed by atoms with Gasteiger partial charge in [0.15, 0.2) is 5.84 Å². The van der Waals surface area contributed by atoms with Gasteiger partial charge in [-0.05, 0) is 18.2 Å². The molecule has 2 rings (SSSR count). The second-order valence-electron chi connectivity index (χ2n) is 3.63. The van der Waals surface area contributed by atoms with Crippen LogP contribution in [-0.4, -0.2) is 16.0 Å². The van der Waals surface area contributed by atoms with Crippen LogP contribution in [0.25, 0.3) is 0 Å². The normalized spacial score (nSPS) is 11.2. The number of hydrogen-bond acceptors (Lipinski definition) is 4. The number of amidine groups is 1. The predicted octanol–water partition coefficient (Wildman–Crippen LogP) is 1.76. The van der Waals surface area contributed by atoms with Gasteiger partial charge in [0.05, 0.1) is 5.56 Å². The topological polar surface area (TPSA) is 80.7 Å². The van der Waals surface area contributed by atoms with Gasteiger partial charge in [0.2, 0.25) is 0 Å². The lowest BCUT2D eigenvalue weighted by Crippen LogP contribution is -2.14. The van der Waals surface area contributed by atoms with Crippen LogP contribution in [0.15, 0.2) is 53.9 Å². The highest BCUT2D eigenvalue weighted by Crippen LogP contribution is 2.18. The van der Waals surface area contributed by atoms with E-state index in [1.54, 1.807) is 30.6 Å². The van der Waals surface area contributed by atoms with Gasteiger partial charge < -0.3 is 15.7 Å². The van der Waals surface area contributed by atoms with Crippen molar-refractivity contribution in [3.8, 4) is 5.75 Å². The van der Waals surface area contributed by atoms with E-state index in [0.717, 1.165) is 5.56 Å². The Morgan fingerprint density at radius 2 is 2.11 bits per heavy atom. The van der Waals surface area contributed by atoms with Crippen molar-refractivity contribution in [3.05, 3.63) is 59.9 Å². The molecular weight excluding hydrogens is 230 g/mol. The maximum Gasteiger partial charge on any atom is 0.173 e. The molecule has 0 unspecified atom stereocenters. The average molecular weight is 243 g/mol. The van der Waals surface area contributed by atoms with Crippen molar-refractivity contribution in [3.63, 3.8) is 0 Å². The number of hydrogen-bond donors (Lipinski definition) is 2. The van der Waals surface area contributed by atoms with Gasteiger partial charge >= 0.3 is 0 Å². The molecule has 0 bridgehead atoms. The van der Waals surface area contributed by atoms with Crippen LogP contribution in [0.5, 0.6) is 5.75 Å². The largest absolute Gasteiger partial charge is 0.488 e. The van der Waals surface area contributed by atoms with E-state index in [1.807, 2.05) is 18.2 Å². The third-order valence-corrected chi connectivity index (χ3v) is 2.39. The number of benzene rings is 1.